The number of furan rings is 2. The highest BCUT2D eigenvalue weighted by Crippen LogP contribution is 2.43. The monoisotopic (exact) mass is 767 g/mol. The number of nitrogens with zero attached hydrogens (tertiary/aromatic N) is 2. The zero-order chi connectivity index (χ0) is 39.2. The number of para-hydroxylation sites is 1. The number of amidine groups is 2. The Balaban J connectivity index is 1.07. The molecule has 0 spiro atoms. The van der Waals surface area contributed by atoms with E-state index < -0.39 is 0 Å². The van der Waals surface area contributed by atoms with Crippen molar-refractivity contribution in [3.63, 3.8) is 0 Å². The van der Waals surface area contributed by atoms with Crippen LogP contribution in [0.15, 0.2) is 201 Å². The van der Waals surface area contributed by atoms with Crippen molar-refractivity contribution in [1.29, 1.82) is 0 Å². The van der Waals surface area contributed by atoms with Crippen LogP contribution in [-0.4, -0.2) is 11.7 Å². The van der Waals surface area contributed by atoms with Crippen molar-refractivity contribution >= 4 is 87.1 Å². The van der Waals surface area contributed by atoms with Crippen LogP contribution in [0.4, 0.5) is 0 Å². The smallest absolute Gasteiger partial charge is 0.157 e. The van der Waals surface area contributed by atoms with Gasteiger partial charge in [-0.05, 0) is 65.6 Å². The molecular weight excluding hydrogens is 731 g/mol. The average Bonchev–Trinajstić information content (AvgIpc) is 3.96. The molecule has 0 aliphatic carbocycles. The van der Waals surface area contributed by atoms with Gasteiger partial charge in [-0.25, -0.2) is 4.99 Å². The van der Waals surface area contributed by atoms with E-state index in [1.165, 1.54) is 20.2 Å². The number of rotatable bonds is 8. The molecule has 0 bridgehead atoms. The fourth-order valence-electron chi connectivity index (χ4n) is 7.98. The minimum absolute atomic E-state index is 0.345. The molecule has 278 valence electrons. The number of hydrogen-bond acceptors (Lipinski definition) is 4. The Morgan fingerprint density at radius 1 is 0.655 bits per heavy atom. The van der Waals surface area contributed by atoms with Crippen LogP contribution in [0.3, 0.4) is 0 Å². The molecule has 0 aliphatic heterocycles. The third-order valence-corrected chi connectivity index (χ3v) is 11.9. The van der Waals surface area contributed by atoms with Crippen molar-refractivity contribution in [1.82, 2.24) is 0 Å². The van der Waals surface area contributed by atoms with E-state index in [2.05, 4.69) is 110 Å². The second kappa shape index (κ2) is 14.7. The second-order valence-electron chi connectivity index (χ2n) is 14.2. The van der Waals surface area contributed by atoms with Crippen molar-refractivity contribution in [2.24, 2.45) is 15.7 Å². The summed E-state index contributed by atoms with van der Waals surface area (Å²) in [4.78, 5) is 9.87. The van der Waals surface area contributed by atoms with Gasteiger partial charge in [0.2, 0.25) is 0 Å². The summed E-state index contributed by atoms with van der Waals surface area (Å²) >= 11 is 1.83. The highest BCUT2D eigenvalue weighted by atomic mass is 32.1. The Labute approximate surface area is 339 Å². The maximum absolute atomic E-state index is 6.73. The van der Waals surface area contributed by atoms with Crippen LogP contribution >= 0.6 is 11.3 Å². The maximum Gasteiger partial charge on any atom is 0.157 e. The van der Waals surface area contributed by atoms with E-state index in [9.17, 15) is 0 Å². The zero-order valence-corrected chi connectivity index (χ0v) is 32.6. The van der Waals surface area contributed by atoms with Gasteiger partial charge in [-0.2, -0.15) is 0 Å². The van der Waals surface area contributed by atoms with E-state index in [1.54, 1.807) is 6.08 Å². The molecule has 0 fully saturated rings. The molecule has 10 aromatic rings. The largest absolute Gasteiger partial charge is 0.456 e. The van der Waals surface area contributed by atoms with Crippen LogP contribution < -0.4 is 5.73 Å². The van der Waals surface area contributed by atoms with E-state index >= 15 is 0 Å². The van der Waals surface area contributed by atoms with Crippen LogP contribution in [0.25, 0.3) is 86.3 Å². The normalized spacial score (nSPS) is 13.0. The van der Waals surface area contributed by atoms with E-state index in [-0.39, 0.29) is 0 Å². The topological polar surface area (TPSA) is 77.0 Å². The van der Waals surface area contributed by atoms with Crippen molar-refractivity contribution < 1.29 is 8.83 Å². The van der Waals surface area contributed by atoms with Crippen LogP contribution in [0.1, 0.15) is 18.1 Å². The SMILES string of the molecule is C=C/C(=C\C=C/C)C(N)=NC(=NCc1cccc2oc3ccc(-c4cccc5oc6c(-c7ccc8c(c7)sc7ccccc78)cccc6c45)cc3c12)c1ccccc1. The Morgan fingerprint density at radius 2 is 1.38 bits per heavy atom. The summed E-state index contributed by atoms with van der Waals surface area (Å²) in [6.07, 6.45) is 7.45. The van der Waals surface area contributed by atoms with E-state index in [4.69, 9.17) is 24.6 Å². The second-order valence-corrected chi connectivity index (χ2v) is 15.3. The highest BCUT2D eigenvalue weighted by molar-refractivity contribution is 7.25. The summed E-state index contributed by atoms with van der Waals surface area (Å²) in [5.74, 6) is 0.885. The molecule has 0 aliphatic rings. The first-order chi connectivity index (χ1) is 28.6. The average molecular weight is 768 g/mol. The molecular formula is C52H37N3O2S. The molecule has 6 heteroatoms. The number of benzene rings is 7. The van der Waals surface area contributed by atoms with Gasteiger partial charge < -0.3 is 14.6 Å². The van der Waals surface area contributed by atoms with E-state index in [1.807, 2.05) is 79.0 Å². The number of allylic oxidation sites excluding steroid dienone is 3. The van der Waals surface area contributed by atoms with Crippen LogP contribution in [0, 0.1) is 0 Å². The third-order valence-electron chi connectivity index (χ3n) is 10.7. The van der Waals surface area contributed by atoms with Gasteiger partial charge in [0.15, 0.2) is 5.84 Å². The quantitative estimate of drug-likeness (QED) is 0.0950. The molecule has 0 amide bonds. The summed E-state index contributed by atoms with van der Waals surface area (Å²) < 4.78 is 15.7. The molecule has 0 unspecified atom stereocenters. The molecule has 2 N–H and O–H groups in total. The first kappa shape index (κ1) is 35.2. The van der Waals surface area contributed by atoms with Gasteiger partial charge in [0, 0.05) is 58.4 Å². The minimum Gasteiger partial charge on any atom is -0.456 e. The van der Waals surface area contributed by atoms with Gasteiger partial charge in [0.05, 0.1) is 6.54 Å². The molecule has 3 aromatic heterocycles. The Bertz CT molecular complexity index is 3360. The van der Waals surface area contributed by atoms with Crippen LogP contribution in [0.2, 0.25) is 0 Å². The van der Waals surface area contributed by atoms with Crippen molar-refractivity contribution in [2.75, 3.05) is 0 Å². The first-order valence-corrected chi connectivity index (χ1v) is 20.1. The lowest BCUT2D eigenvalue weighted by atomic mass is 9.96. The fourth-order valence-corrected chi connectivity index (χ4v) is 9.13. The number of nitrogens with two attached hydrogens (primary N) is 1. The van der Waals surface area contributed by atoms with Gasteiger partial charge in [0.1, 0.15) is 28.2 Å². The van der Waals surface area contributed by atoms with Crippen molar-refractivity contribution in [2.45, 2.75) is 13.5 Å². The fraction of sp³-hybridized carbons (Fsp3) is 0.0385. The molecule has 7 aromatic carbocycles. The molecule has 58 heavy (non-hydrogen) atoms. The third kappa shape index (κ3) is 6.11. The number of aliphatic imine (C=N–C) groups is 2. The Morgan fingerprint density at radius 3 is 2.24 bits per heavy atom. The zero-order valence-electron chi connectivity index (χ0n) is 31.8. The molecule has 0 saturated carbocycles. The van der Waals surface area contributed by atoms with Gasteiger partial charge >= 0.3 is 0 Å². The molecule has 0 saturated heterocycles. The van der Waals surface area contributed by atoms with E-state index in [0.717, 1.165) is 82.8 Å². The van der Waals surface area contributed by atoms with Crippen LogP contribution in [0.5, 0.6) is 0 Å². The lowest BCUT2D eigenvalue weighted by Crippen LogP contribution is -2.16. The summed E-state index contributed by atoms with van der Waals surface area (Å²) in [6.45, 7) is 6.26. The number of fused-ring (bicyclic) bond motifs is 9. The molecule has 10 rings (SSSR count). The van der Waals surface area contributed by atoms with Gasteiger partial charge in [-0.15, -0.1) is 11.3 Å². The van der Waals surface area contributed by atoms with Crippen LogP contribution in [-0.2, 0) is 6.54 Å². The van der Waals surface area contributed by atoms with Gasteiger partial charge in [-0.1, -0.05) is 140 Å². The lowest BCUT2D eigenvalue weighted by Gasteiger charge is -2.07. The van der Waals surface area contributed by atoms with Crippen molar-refractivity contribution in [3.05, 3.63) is 193 Å². The summed E-state index contributed by atoms with van der Waals surface area (Å²) in [6, 6.07) is 50.6. The van der Waals surface area contributed by atoms with Crippen molar-refractivity contribution in [3.8, 4) is 22.3 Å². The standard InChI is InChI=1S/C52H37N3O2S/c1-3-5-14-32(4-2)51(53)55-52(33-15-7-6-8-16-33)54-31-36-17-11-22-44-48(36)42-29-34(26-28-43(42)56-44)37-19-13-23-45-49(37)41-21-12-20-38(50(41)57-45)35-25-27-40-39-18-9-10-24-46(39)58-47(40)30-35/h3-30H,2,31H2,1H3,(H2,53,54,55)/b5-3-,32-14+. The number of thiophene rings is 1. The summed E-state index contributed by atoms with van der Waals surface area (Å²) in [5.41, 5.74) is 16.9. The molecule has 3 heterocycles. The Hall–Kier alpha value is -7.28. The summed E-state index contributed by atoms with van der Waals surface area (Å²) in [5, 5.41) is 6.80. The first-order valence-electron chi connectivity index (χ1n) is 19.3. The molecule has 5 nitrogen and oxygen atoms in total. The Kier molecular flexibility index (Phi) is 8.89. The van der Waals surface area contributed by atoms with Gasteiger partial charge in [-0.3, -0.25) is 4.99 Å². The van der Waals surface area contributed by atoms with Gasteiger partial charge in [0.25, 0.3) is 0 Å². The number of hydrogen-bond donors (Lipinski definition) is 1. The maximum atomic E-state index is 6.73. The predicted molar refractivity (Wildman–Crippen MR) is 246 cm³/mol. The highest BCUT2D eigenvalue weighted by Gasteiger charge is 2.19. The van der Waals surface area contributed by atoms with E-state index in [0.29, 0.717) is 18.2 Å². The minimum atomic E-state index is 0.345. The lowest BCUT2D eigenvalue weighted by molar-refractivity contribution is 0.668. The predicted octanol–water partition coefficient (Wildman–Crippen LogP) is 14.2. The molecule has 0 atom stereocenters. The summed E-state index contributed by atoms with van der Waals surface area (Å²) in [7, 11) is 0. The molecule has 0 radical (unpaired) electrons.